The summed E-state index contributed by atoms with van der Waals surface area (Å²) in [6.45, 7) is 5.28. The van der Waals surface area contributed by atoms with Gasteiger partial charge >= 0.3 is 0 Å². The topological polar surface area (TPSA) is 41.3 Å². The number of benzene rings is 1. The fourth-order valence-corrected chi connectivity index (χ4v) is 3.02. The zero-order valence-corrected chi connectivity index (χ0v) is 12.1. The van der Waals surface area contributed by atoms with E-state index in [-0.39, 0.29) is 6.61 Å². The lowest BCUT2D eigenvalue weighted by Crippen LogP contribution is -2.29. The van der Waals surface area contributed by atoms with Crippen molar-refractivity contribution in [3.05, 3.63) is 41.6 Å². The molecular formula is C16H21N3O. The van der Waals surface area contributed by atoms with Crippen LogP contribution in [0.2, 0.25) is 0 Å². The van der Waals surface area contributed by atoms with Gasteiger partial charge in [-0.25, -0.2) is 4.68 Å². The molecule has 1 unspecified atom stereocenters. The SMILES string of the molecule is Cc1nn(-c2ccccc2)c(N2CCCC2C)c1CO. The number of para-hydroxylation sites is 1. The van der Waals surface area contributed by atoms with Crippen LogP contribution in [0.4, 0.5) is 5.82 Å². The Bertz CT molecular complexity index is 591. The zero-order chi connectivity index (χ0) is 14.1. The van der Waals surface area contributed by atoms with Crippen LogP contribution >= 0.6 is 0 Å². The van der Waals surface area contributed by atoms with Crippen LogP contribution in [0, 0.1) is 6.92 Å². The van der Waals surface area contributed by atoms with Crippen molar-refractivity contribution < 1.29 is 5.11 Å². The highest BCUT2D eigenvalue weighted by molar-refractivity contribution is 5.56. The smallest absolute Gasteiger partial charge is 0.138 e. The molecule has 1 aliphatic rings. The maximum atomic E-state index is 9.73. The first-order valence-corrected chi connectivity index (χ1v) is 7.23. The normalized spacial score (nSPS) is 18.8. The molecule has 1 atom stereocenters. The Balaban J connectivity index is 2.15. The first-order valence-electron chi connectivity index (χ1n) is 7.23. The molecule has 1 aromatic heterocycles. The van der Waals surface area contributed by atoms with E-state index >= 15 is 0 Å². The van der Waals surface area contributed by atoms with Crippen LogP contribution in [-0.2, 0) is 6.61 Å². The molecule has 2 aromatic rings. The molecule has 0 bridgehead atoms. The molecule has 0 aliphatic carbocycles. The molecule has 1 fully saturated rings. The van der Waals surface area contributed by atoms with Crippen molar-refractivity contribution in [2.75, 3.05) is 11.4 Å². The molecule has 0 radical (unpaired) electrons. The zero-order valence-electron chi connectivity index (χ0n) is 12.1. The number of hydrogen-bond donors (Lipinski definition) is 1. The van der Waals surface area contributed by atoms with Gasteiger partial charge in [-0.2, -0.15) is 5.10 Å². The second-order valence-corrected chi connectivity index (χ2v) is 5.48. The van der Waals surface area contributed by atoms with Crippen LogP contribution < -0.4 is 4.90 Å². The maximum Gasteiger partial charge on any atom is 0.138 e. The van der Waals surface area contributed by atoms with Crippen molar-refractivity contribution >= 4 is 5.82 Å². The van der Waals surface area contributed by atoms with E-state index in [9.17, 15) is 5.11 Å². The number of hydrogen-bond acceptors (Lipinski definition) is 3. The summed E-state index contributed by atoms with van der Waals surface area (Å²) in [5, 5.41) is 14.4. The Hall–Kier alpha value is -1.81. The highest BCUT2D eigenvalue weighted by Gasteiger charge is 2.28. The van der Waals surface area contributed by atoms with Crippen molar-refractivity contribution in [1.82, 2.24) is 9.78 Å². The summed E-state index contributed by atoms with van der Waals surface area (Å²) in [6, 6.07) is 10.6. The van der Waals surface area contributed by atoms with Gasteiger partial charge in [-0.15, -0.1) is 0 Å². The number of anilines is 1. The molecule has 0 amide bonds. The van der Waals surface area contributed by atoms with Crippen molar-refractivity contribution in [2.45, 2.75) is 39.3 Å². The lowest BCUT2D eigenvalue weighted by molar-refractivity contribution is 0.281. The summed E-state index contributed by atoms with van der Waals surface area (Å²) in [5.41, 5.74) is 2.90. The molecule has 0 spiro atoms. The summed E-state index contributed by atoms with van der Waals surface area (Å²) in [7, 11) is 0. The summed E-state index contributed by atoms with van der Waals surface area (Å²) in [4.78, 5) is 2.37. The molecule has 2 heterocycles. The summed E-state index contributed by atoms with van der Waals surface area (Å²) >= 11 is 0. The van der Waals surface area contributed by atoms with Crippen LogP contribution in [0.5, 0.6) is 0 Å². The molecule has 1 aromatic carbocycles. The van der Waals surface area contributed by atoms with E-state index in [0.29, 0.717) is 6.04 Å². The van der Waals surface area contributed by atoms with E-state index in [1.807, 2.05) is 29.8 Å². The highest BCUT2D eigenvalue weighted by atomic mass is 16.3. The lowest BCUT2D eigenvalue weighted by atomic mass is 10.2. The quantitative estimate of drug-likeness (QED) is 0.933. The molecule has 4 nitrogen and oxygen atoms in total. The molecule has 20 heavy (non-hydrogen) atoms. The third-order valence-electron chi connectivity index (χ3n) is 4.14. The molecule has 1 aliphatic heterocycles. The van der Waals surface area contributed by atoms with E-state index in [1.165, 1.54) is 12.8 Å². The second kappa shape index (κ2) is 5.29. The van der Waals surface area contributed by atoms with Crippen LogP contribution in [0.25, 0.3) is 5.69 Å². The van der Waals surface area contributed by atoms with Crippen molar-refractivity contribution in [3.63, 3.8) is 0 Å². The lowest BCUT2D eigenvalue weighted by Gasteiger charge is -2.25. The van der Waals surface area contributed by atoms with Gasteiger partial charge in [0.05, 0.1) is 18.0 Å². The Morgan fingerprint density at radius 2 is 2.05 bits per heavy atom. The summed E-state index contributed by atoms with van der Waals surface area (Å²) < 4.78 is 1.97. The summed E-state index contributed by atoms with van der Waals surface area (Å²) in [6.07, 6.45) is 2.40. The van der Waals surface area contributed by atoms with Gasteiger partial charge in [0, 0.05) is 18.2 Å². The summed E-state index contributed by atoms with van der Waals surface area (Å²) in [5.74, 6) is 1.06. The van der Waals surface area contributed by atoms with Gasteiger partial charge in [-0.1, -0.05) is 18.2 Å². The van der Waals surface area contributed by atoms with E-state index in [1.54, 1.807) is 0 Å². The van der Waals surface area contributed by atoms with Crippen molar-refractivity contribution in [3.8, 4) is 5.69 Å². The minimum absolute atomic E-state index is 0.0389. The van der Waals surface area contributed by atoms with Gasteiger partial charge in [-0.05, 0) is 38.8 Å². The van der Waals surface area contributed by atoms with Crippen LogP contribution in [0.1, 0.15) is 31.0 Å². The van der Waals surface area contributed by atoms with Gasteiger partial charge in [0.25, 0.3) is 0 Å². The number of aliphatic hydroxyl groups excluding tert-OH is 1. The van der Waals surface area contributed by atoms with Gasteiger partial charge in [-0.3, -0.25) is 0 Å². The fourth-order valence-electron chi connectivity index (χ4n) is 3.02. The first-order chi connectivity index (χ1) is 9.72. The minimum atomic E-state index is 0.0389. The predicted octanol–water partition coefficient (Wildman–Crippen LogP) is 2.66. The third-order valence-corrected chi connectivity index (χ3v) is 4.14. The largest absolute Gasteiger partial charge is 0.391 e. The van der Waals surface area contributed by atoms with Crippen LogP contribution in [0.3, 0.4) is 0 Å². The number of nitrogens with zero attached hydrogens (tertiary/aromatic N) is 3. The molecule has 1 N–H and O–H groups in total. The minimum Gasteiger partial charge on any atom is -0.391 e. The monoisotopic (exact) mass is 271 g/mol. The Labute approximate surface area is 119 Å². The van der Waals surface area contributed by atoms with E-state index < -0.39 is 0 Å². The average molecular weight is 271 g/mol. The van der Waals surface area contributed by atoms with Crippen molar-refractivity contribution in [1.29, 1.82) is 0 Å². The maximum absolute atomic E-state index is 9.73. The van der Waals surface area contributed by atoms with E-state index in [2.05, 4.69) is 29.1 Å². The van der Waals surface area contributed by atoms with Crippen LogP contribution in [-0.4, -0.2) is 27.5 Å². The van der Waals surface area contributed by atoms with Crippen molar-refractivity contribution in [2.24, 2.45) is 0 Å². The van der Waals surface area contributed by atoms with E-state index in [0.717, 1.165) is 29.3 Å². The van der Waals surface area contributed by atoms with Crippen LogP contribution in [0.15, 0.2) is 30.3 Å². The average Bonchev–Trinajstić information content (AvgIpc) is 3.02. The van der Waals surface area contributed by atoms with Gasteiger partial charge in [0.1, 0.15) is 5.82 Å². The molecule has 4 heteroatoms. The second-order valence-electron chi connectivity index (χ2n) is 5.48. The molecular weight excluding hydrogens is 250 g/mol. The number of aromatic nitrogens is 2. The third kappa shape index (κ3) is 2.10. The number of aryl methyl sites for hydroxylation is 1. The predicted molar refractivity (Wildman–Crippen MR) is 80.3 cm³/mol. The Morgan fingerprint density at radius 1 is 1.30 bits per heavy atom. The molecule has 106 valence electrons. The van der Waals surface area contributed by atoms with Gasteiger partial charge in [0.15, 0.2) is 0 Å². The molecule has 3 rings (SSSR count). The first kappa shape index (κ1) is 13.2. The number of aliphatic hydroxyl groups is 1. The standard InChI is InChI=1S/C16H21N3O/c1-12-7-6-10-18(12)16-15(11-20)13(2)17-19(16)14-8-4-3-5-9-14/h3-5,8-9,12,20H,6-7,10-11H2,1-2H3. The van der Waals surface area contributed by atoms with Gasteiger partial charge < -0.3 is 10.0 Å². The van der Waals surface area contributed by atoms with Gasteiger partial charge in [0.2, 0.25) is 0 Å². The fraction of sp³-hybridized carbons (Fsp3) is 0.438. The molecule has 1 saturated heterocycles. The van der Waals surface area contributed by atoms with E-state index in [4.69, 9.17) is 0 Å². The molecule has 0 saturated carbocycles. The highest BCUT2D eigenvalue weighted by Crippen LogP contribution is 2.32. The Morgan fingerprint density at radius 3 is 2.65 bits per heavy atom. The number of rotatable bonds is 3. The Kier molecular flexibility index (Phi) is 3.49.